The van der Waals surface area contributed by atoms with E-state index in [1.54, 1.807) is 11.1 Å². The van der Waals surface area contributed by atoms with Crippen molar-refractivity contribution in [1.82, 2.24) is 0 Å². The molecule has 1 heterocycles. The topological polar surface area (TPSA) is 38.7 Å². The predicted octanol–water partition coefficient (Wildman–Crippen LogP) is 4.05. The molecule has 134 valence electrons. The fourth-order valence-corrected chi connectivity index (χ4v) is 7.32. The lowest BCUT2D eigenvalue weighted by Gasteiger charge is -2.54. The first-order valence-corrected chi connectivity index (χ1v) is 10.2. The fraction of sp³-hybridized carbons (Fsp3) is 0.905. The minimum Gasteiger partial charge on any atom is -0.393 e. The molecular weight excluding hydrogens is 300 g/mol. The Morgan fingerprint density at radius 2 is 1.88 bits per heavy atom. The summed E-state index contributed by atoms with van der Waals surface area (Å²) in [5, 5.41) is 10.6. The van der Waals surface area contributed by atoms with Gasteiger partial charge in [-0.3, -0.25) is 0 Å². The molecule has 1 unspecified atom stereocenters. The van der Waals surface area contributed by atoms with E-state index in [0.29, 0.717) is 0 Å². The Morgan fingerprint density at radius 3 is 2.67 bits per heavy atom. The van der Waals surface area contributed by atoms with Gasteiger partial charge in [-0.05, 0) is 67.6 Å². The van der Waals surface area contributed by atoms with Gasteiger partial charge < -0.3 is 14.6 Å². The zero-order valence-electron chi connectivity index (χ0n) is 15.2. The molecule has 0 aromatic heterocycles. The van der Waals surface area contributed by atoms with Crippen LogP contribution in [0.1, 0.15) is 65.2 Å². The van der Waals surface area contributed by atoms with Gasteiger partial charge in [0.2, 0.25) is 0 Å². The summed E-state index contributed by atoms with van der Waals surface area (Å²) in [6, 6.07) is 0. The number of ether oxygens (including phenoxy) is 2. The number of hydrogen-bond donors (Lipinski definition) is 1. The summed E-state index contributed by atoms with van der Waals surface area (Å²) in [5.41, 5.74) is 3.62. The predicted molar refractivity (Wildman–Crippen MR) is 92.3 cm³/mol. The second-order valence-electron chi connectivity index (χ2n) is 9.52. The van der Waals surface area contributed by atoms with Crippen LogP contribution in [0.15, 0.2) is 11.1 Å². The molecule has 3 fully saturated rings. The van der Waals surface area contributed by atoms with Gasteiger partial charge in [-0.15, -0.1) is 0 Å². The van der Waals surface area contributed by atoms with Crippen molar-refractivity contribution in [3.63, 3.8) is 0 Å². The van der Waals surface area contributed by atoms with E-state index in [1.165, 1.54) is 32.1 Å². The molecule has 0 amide bonds. The van der Waals surface area contributed by atoms with E-state index in [-0.39, 0.29) is 17.3 Å². The molecule has 2 saturated carbocycles. The summed E-state index contributed by atoms with van der Waals surface area (Å²) in [6.07, 6.45) is 9.15. The van der Waals surface area contributed by atoms with Crippen molar-refractivity contribution in [3.05, 3.63) is 11.1 Å². The van der Waals surface area contributed by atoms with Crippen molar-refractivity contribution in [1.29, 1.82) is 0 Å². The zero-order chi connectivity index (χ0) is 16.5. The Morgan fingerprint density at radius 1 is 1.08 bits per heavy atom. The van der Waals surface area contributed by atoms with E-state index < -0.39 is 0 Å². The minimum atomic E-state index is -0.280. The lowest BCUT2D eigenvalue weighted by molar-refractivity contribution is -0.166. The third kappa shape index (κ3) is 2.07. The van der Waals surface area contributed by atoms with Crippen molar-refractivity contribution in [2.24, 2.45) is 29.1 Å². The average Bonchev–Trinajstić information content (AvgIpc) is 3.12. The Labute approximate surface area is 145 Å². The third-order valence-electron chi connectivity index (χ3n) is 8.48. The van der Waals surface area contributed by atoms with Gasteiger partial charge in [0.25, 0.3) is 0 Å². The smallest absolute Gasteiger partial charge is 0.172 e. The molecule has 6 atom stereocenters. The Bertz CT molecular complexity index is 561. The van der Waals surface area contributed by atoms with Gasteiger partial charge in [0.05, 0.1) is 19.3 Å². The molecule has 1 saturated heterocycles. The van der Waals surface area contributed by atoms with E-state index >= 15 is 0 Å². The number of rotatable bonds is 0. The molecule has 0 aromatic carbocycles. The summed E-state index contributed by atoms with van der Waals surface area (Å²) >= 11 is 0. The average molecular weight is 332 g/mol. The number of fused-ring (bicyclic) bond motifs is 4. The van der Waals surface area contributed by atoms with Crippen LogP contribution in [0.3, 0.4) is 0 Å². The molecule has 0 aromatic rings. The summed E-state index contributed by atoms with van der Waals surface area (Å²) in [4.78, 5) is 0. The van der Waals surface area contributed by atoms with E-state index in [9.17, 15) is 5.11 Å². The Balaban J connectivity index is 1.46. The molecular formula is C21H32O3. The molecule has 1 aliphatic heterocycles. The maximum atomic E-state index is 10.6. The Kier molecular flexibility index (Phi) is 3.51. The highest BCUT2D eigenvalue weighted by molar-refractivity contribution is 5.29. The van der Waals surface area contributed by atoms with E-state index in [1.807, 2.05) is 0 Å². The van der Waals surface area contributed by atoms with Crippen LogP contribution in [0, 0.1) is 29.1 Å². The first kappa shape index (κ1) is 15.8. The van der Waals surface area contributed by atoms with Crippen LogP contribution in [-0.2, 0) is 9.47 Å². The highest BCUT2D eigenvalue weighted by atomic mass is 16.7. The molecule has 0 bridgehead atoms. The van der Waals surface area contributed by atoms with Crippen LogP contribution < -0.4 is 0 Å². The molecule has 1 spiro atoms. The third-order valence-corrected chi connectivity index (χ3v) is 8.48. The van der Waals surface area contributed by atoms with Crippen molar-refractivity contribution >= 4 is 0 Å². The summed E-state index contributed by atoms with van der Waals surface area (Å²) in [6.45, 7) is 6.37. The van der Waals surface area contributed by atoms with Gasteiger partial charge in [-0.1, -0.05) is 25.0 Å². The Hall–Kier alpha value is -0.380. The number of hydrogen-bond acceptors (Lipinski definition) is 3. The summed E-state index contributed by atoms with van der Waals surface area (Å²) < 4.78 is 12.0. The van der Waals surface area contributed by atoms with Crippen LogP contribution in [0.5, 0.6) is 0 Å². The second-order valence-corrected chi connectivity index (χ2v) is 9.52. The maximum absolute atomic E-state index is 10.6. The van der Waals surface area contributed by atoms with Gasteiger partial charge in [0, 0.05) is 12.8 Å². The molecule has 4 aliphatic carbocycles. The molecule has 24 heavy (non-hydrogen) atoms. The van der Waals surface area contributed by atoms with E-state index in [2.05, 4.69) is 13.8 Å². The number of aliphatic hydroxyl groups is 1. The van der Waals surface area contributed by atoms with Crippen LogP contribution in [0.2, 0.25) is 0 Å². The highest BCUT2D eigenvalue weighted by Gasteiger charge is 2.57. The molecule has 5 rings (SSSR count). The van der Waals surface area contributed by atoms with Crippen LogP contribution in [0.25, 0.3) is 0 Å². The number of aliphatic hydroxyl groups excluding tert-OH is 1. The largest absolute Gasteiger partial charge is 0.393 e. The van der Waals surface area contributed by atoms with E-state index in [4.69, 9.17) is 9.47 Å². The first-order chi connectivity index (χ1) is 11.5. The molecule has 3 nitrogen and oxygen atoms in total. The maximum Gasteiger partial charge on any atom is 0.172 e. The lowest BCUT2D eigenvalue weighted by atomic mass is 9.51. The highest BCUT2D eigenvalue weighted by Crippen LogP contribution is 2.63. The standard InChI is InChI=1S/C21H32O3/c1-13-11-14-12-21(23-9-10-24-21)8-6-15(14)16-5-7-20(2)17(19(13)16)3-4-18(20)22/h13,16-19,22H,3-12H2,1-2H3/t13-,16-,17+,18?,19-,20+/m1/s1. The number of allylic oxidation sites excluding steroid dienone is 1. The summed E-state index contributed by atoms with van der Waals surface area (Å²) in [5.74, 6) is 2.74. The minimum absolute atomic E-state index is 0.0686. The molecule has 0 radical (unpaired) electrons. The van der Waals surface area contributed by atoms with Crippen LogP contribution >= 0.6 is 0 Å². The first-order valence-electron chi connectivity index (χ1n) is 10.2. The van der Waals surface area contributed by atoms with Gasteiger partial charge in [0.15, 0.2) is 5.79 Å². The van der Waals surface area contributed by atoms with Crippen molar-refractivity contribution in [2.45, 2.75) is 77.1 Å². The second kappa shape index (κ2) is 5.31. The van der Waals surface area contributed by atoms with Gasteiger partial charge in [-0.25, -0.2) is 0 Å². The monoisotopic (exact) mass is 332 g/mol. The molecule has 1 N–H and O–H groups in total. The molecule has 5 aliphatic rings. The normalized spacial score (nSPS) is 49.9. The van der Waals surface area contributed by atoms with Crippen molar-refractivity contribution < 1.29 is 14.6 Å². The van der Waals surface area contributed by atoms with Gasteiger partial charge in [-0.2, -0.15) is 0 Å². The van der Waals surface area contributed by atoms with Gasteiger partial charge >= 0.3 is 0 Å². The summed E-state index contributed by atoms with van der Waals surface area (Å²) in [7, 11) is 0. The van der Waals surface area contributed by atoms with Crippen LogP contribution in [-0.4, -0.2) is 30.2 Å². The van der Waals surface area contributed by atoms with Crippen molar-refractivity contribution in [2.75, 3.05) is 13.2 Å². The lowest BCUT2D eigenvalue weighted by Crippen LogP contribution is -2.49. The molecule has 3 heteroatoms. The van der Waals surface area contributed by atoms with Crippen LogP contribution in [0.4, 0.5) is 0 Å². The fourth-order valence-electron chi connectivity index (χ4n) is 7.32. The van der Waals surface area contributed by atoms with Crippen molar-refractivity contribution in [3.8, 4) is 0 Å². The van der Waals surface area contributed by atoms with Gasteiger partial charge in [0.1, 0.15) is 0 Å². The van der Waals surface area contributed by atoms with E-state index in [0.717, 1.165) is 56.1 Å². The zero-order valence-corrected chi connectivity index (χ0v) is 15.2. The quantitative estimate of drug-likeness (QED) is 0.680. The SMILES string of the molecule is C[C@@H]1CC2=C(CCC3(C2)OCCO3)[C@H]2CC[C@]3(C)C(O)CC[C@H]3[C@H]12.